The largest absolute Gasteiger partial charge is 0.479 e. The van der Waals surface area contributed by atoms with E-state index in [4.69, 9.17) is 38.4 Å². The van der Waals surface area contributed by atoms with Gasteiger partial charge in [0.25, 0.3) is 0 Å². The van der Waals surface area contributed by atoms with Crippen molar-refractivity contribution in [3.63, 3.8) is 0 Å². The van der Waals surface area contributed by atoms with E-state index in [2.05, 4.69) is 5.32 Å². The van der Waals surface area contributed by atoms with Crippen LogP contribution in [-0.4, -0.2) is 59.4 Å². The van der Waals surface area contributed by atoms with E-state index in [1.165, 1.54) is 0 Å². The predicted octanol–water partition coefficient (Wildman–Crippen LogP) is 6.07. The molecule has 4 rings (SSSR count). The molecule has 4 aromatic carbocycles. The van der Waals surface area contributed by atoms with Crippen LogP contribution in [-0.2, 0) is 38.6 Å². The van der Waals surface area contributed by atoms with Gasteiger partial charge in [-0.05, 0) is 52.9 Å². The summed E-state index contributed by atoms with van der Waals surface area (Å²) in [5.41, 5.74) is 7.03. The lowest BCUT2D eigenvalue weighted by Gasteiger charge is -2.33. The van der Waals surface area contributed by atoms with Crippen LogP contribution >= 0.6 is 23.2 Å². The number of carboxylic acid groups (broad SMARTS) is 1. The second-order valence-electron chi connectivity index (χ2n) is 11.7. The molecule has 12 heteroatoms. The van der Waals surface area contributed by atoms with Crippen LogP contribution < -0.4 is 20.7 Å². The number of alkyl halides is 2. The molecule has 0 heterocycles. The second kappa shape index (κ2) is 18.6. The highest BCUT2D eigenvalue weighted by Crippen LogP contribution is 2.31. The summed E-state index contributed by atoms with van der Waals surface area (Å²) in [6.45, 7) is 1.24. The molecule has 0 aromatic heterocycles. The van der Waals surface area contributed by atoms with Gasteiger partial charge in [-0.1, -0.05) is 84.9 Å². The quantitative estimate of drug-likeness (QED) is 0.0829. The van der Waals surface area contributed by atoms with Crippen molar-refractivity contribution in [3.05, 3.63) is 131 Å². The van der Waals surface area contributed by atoms with E-state index >= 15 is 0 Å². The molecular weight excluding hydrogens is 681 g/mol. The highest BCUT2D eigenvalue weighted by atomic mass is 35.5. The van der Waals surface area contributed by atoms with Gasteiger partial charge in [0.2, 0.25) is 5.91 Å². The topological polar surface area (TPSA) is 148 Å². The Morgan fingerprint density at radius 1 is 0.800 bits per heavy atom. The number of halogens is 2. The first-order valence-electron chi connectivity index (χ1n) is 15.9. The number of ether oxygens (including phenoxy) is 2. The summed E-state index contributed by atoms with van der Waals surface area (Å²) in [5.74, 6) is -2.88. The second-order valence-corrected chi connectivity index (χ2v) is 12.4. The SMILES string of the molecule is NC(=O)C(C[C@](Cc1ccccc1)(NC(=O)Oc1ccc(N(CCCl)CCCl)cc1)C(=O)O)c1cccc(CC(=O)OCc2ccccc2)c1. The van der Waals surface area contributed by atoms with Crippen LogP contribution in [0.4, 0.5) is 10.5 Å². The Hall–Kier alpha value is -5.06. The fourth-order valence-corrected chi connectivity index (χ4v) is 5.97. The molecule has 0 fully saturated rings. The van der Waals surface area contributed by atoms with Crippen molar-refractivity contribution in [2.24, 2.45) is 5.73 Å². The third-order valence-electron chi connectivity index (χ3n) is 8.06. The van der Waals surface area contributed by atoms with Gasteiger partial charge >= 0.3 is 18.0 Å². The number of rotatable bonds is 18. The van der Waals surface area contributed by atoms with Crippen molar-refractivity contribution in [1.82, 2.24) is 5.32 Å². The van der Waals surface area contributed by atoms with Crippen LogP contribution in [0, 0.1) is 0 Å². The Bertz CT molecular complexity index is 1720. The number of anilines is 1. The molecule has 10 nitrogen and oxygen atoms in total. The predicted molar refractivity (Wildman–Crippen MR) is 193 cm³/mol. The van der Waals surface area contributed by atoms with Gasteiger partial charge in [-0.25, -0.2) is 9.59 Å². The van der Waals surface area contributed by atoms with Gasteiger partial charge in [0, 0.05) is 37.0 Å². The summed E-state index contributed by atoms with van der Waals surface area (Å²) in [6, 6.07) is 31.2. The first kappa shape index (κ1) is 37.8. The third-order valence-corrected chi connectivity index (χ3v) is 8.40. The van der Waals surface area contributed by atoms with Crippen molar-refractivity contribution in [3.8, 4) is 5.75 Å². The van der Waals surface area contributed by atoms with Gasteiger partial charge in [-0.15, -0.1) is 23.2 Å². The Morgan fingerprint density at radius 3 is 1.98 bits per heavy atom. The van der Waals surface area contributed by atoms with Gasteiger partial charge in [-0.3, -0.25) is 9.59 Å². The molecule has 0 spiro atoms. The van der Waals surface area contributed by atoms with Crippen molar-refractivity contribution in [2.75, 3.05) is 29.7 Å². The highest BCUT2D eigenvalue weighted by molar-refractivity contribution is 6.18. The lowest BCUT2D eigenvalue weighted by Crippen LogP contribution is -2.58. The number of carbonyl (C=O) groups is 4. The summed E-state index contributed by atoms with van der Waals surface area (Å²) in [5, 5.41) is 13.2. The number of nitrogens with one attached hydrogen (secondary N) is 1. The molecule has 50 heavy (non-hydrogen) atoms. The van der Waals surface area contributed by atoms with E-state index in [1.807, 2.05) is 35.2 Å². The summed E-state index contributed by atoms with van der Waals surface area (Å²) in [6.07, 6.45) is -1.71. The standard InChI is InChI=1S/C38H39Cl2N3O7/c39-18-20-43(21-19-40)31-14-16-32(17-15-31)50-37(48)42-38(36(46)47,24-27-8-3-1-4-9-27)25-33(35(41)45)30-13-7-12-29(22-30)23-34(44)49-26-28-10-5-2-6-11-28/h1-17,22,33H,18-21,23-26H2,(H2,41,45)(H,42,48)(H,46,47)/t33?,38-/m0/s1. The molecule has 0 aliphatic rings. The molecule has 2 amide bonds. The lowest BCUT2D eigenvalue weighted by atomic mass is 9.79. The zero-order valence-corrected chi connectivity index (χ0v) is 28.8. The van der Waals surface area contributed by atoms with Crippen LogP contribution in [0.15, 0.2) is 109 Å². The first-order valence-corrected chi connectivity index (χ1v) is 17.0. The molecule has 0 aliphatic carbocycles. The van der Waals surface area contributed by atoms with Gasteiger partial charge in [-0.2, -0.15) is 0 Å². The van der Waals surface area contributed by atoms with Crippen molar-refractivity contribution in [2.45, 2.75) is 37.3 Å². The fraction of sp³-hybridized carbons (Fsp3) is 0.263. The molecule has 1 unspecified atom stereocenters. The molecular formula is C38H39Cl2N3O7. The number of benzene rings is 4. The van der Waals surface area contributed by atoms with E-state index in [-0.39, 0.29) is 25.2 Å². The summed E-state index contributed by atoms with van der Waals surface area (Å²) >= 11 is 11.8. The molecule has 0 saturated carbocycles. The maximum Gasteiger partial charge on any atom is 0.413 e. The van der Waals surface area contributed by atoms with Crippen molar-refractivity contribution >= 4 is 52.8 Å². The number of hydrogen-bond acceptors (Lipinski definition) is 7. The minimum absolute atomic E-state index is 0.0842. The molecule has 262 valence electrons. The minimum atomic E-state index is -2.03. The number of aliphatic carboxylic acids is 1. The number of esters is 1. The van der Waals surface area contributed by atoms with E-state index < -0.39 is 41.8 Å². The van der Waals surface area contributed by atoms with Crippen molar-refractivity contribution in [1.29, 1.82) is 0 Å². The van der Waals surface area contributed by atoms with Crippen LogP contribution in [0.2, 0.25) is 0 Å². The zero-order chi connectivity index (χ0) is 35.9. The monoisotopic (exact) mass is 719 g/mol. The van der Waals surface area contributed by atoms with Gasteiger partial charge in [0.05, 0.1) is 12.3 Å². The molecule has 0 bridgehead atoms. The van der Waals surface area contributed by atoms with Crippen LogP contribution in [0.1, 0.15) is 34.6 Å². The molecule has 0 aliphatic heterocycles. The number of primary amides is 1. The highest BCUT2D eigenvalue weighted by Gasteiger charge is 2.44. The van der Waals surface area contributed by atoms with E-state index in [0.29, 0.717) is 41.5 Å². The lowest BCUT2D eigenvalue weighted by molar-refractivity contribution is -0.145. The number of nitrogens with two attached hydrogens (primary N) is 1. The zero-order valence-electron chi connectivity index (χ0n) is 27.3. The Kier molecular flexibility index (Phi) is 14.1. The Balaban J connectivity index is 1.56. The van der Waals surface area contributed by atoms with Gasteiger partial charge in [0.1, 0.15) is 17.9 Å². The Labute approximate surface area is 301 Å². The maximum atomic E-state index is 13.4. The molecule has 0 saturated heterocycles. The number of carboxylic acids is 1. The van der Waals surface area contributed by atoms with E-state index in [0.717, 1.165) is 11.3 Å². The number of nitrogens with zero attached hydrogens (tertiary/aromatic N) is 1. The van der Waals surface area contributed by atoms with Crippen LogP contribution in [0.5, 0.6) is 5.75 Å². The van der Waals surface area contributed by atoms with Gasteiger partial charge < -0.3 is 30.5 Å². The molecule has 4 aromatic rings. The van der Waals surface area contributed by atoms with Gasteiger partial charge in [0.15, 0.2) is 0 Å². The summed E-state index contributed by atoms with van der Waals surface area (Å²) < 4.78 is 10.9. The minimum Gasteiger partial charge on any atom is -0.479 e. The molecule has 0 radical (unpaired) electrons. The van der Waals surface area contributed by atoms with E-state index in [9.17, 15) is 24.3 Å². The number of hydrogen-bond donors (Lipinski definition) is 3. The summed E-state index contributed by atoms with van der Waals surface area (Å²) in [7, 11) is 0. The Morgan fingerprint density at radius 2 is 1.40 bits per heavy atom. The van der Waals surface area contributed by atoms with Crippen molar-refractivity contribution < 1.29 is 33.8 Å². The fourth-order valence-electron chi connectivity index (χ4n) is 5.56. The average Bonchev–Trinajstić information content (AvgIpc) is 3.10. The third kappa shape index (κ3) is 11.0. The summed E-state index contributed by atoms with van der Waals surface area (Å²) in [4.78, 5) is 54.1. The molecule has 4 N–H and O–H groups in total. The normalized spacial score (nSPS) is 12.6. The average molecular weight is 721 g/mol. The van der Waals surface area contributed by atoms with Crippen LogP contribution in [0.25, 0.3) is 0 Å². The smallest absolute Gasteiger partial charge is 0.413 e. The first-order chi connectivity index (χ1) is 24.1. The maximum absolute atomic E-state index is 13.4. The van der Waals surface area contributed by atoms with Crippen LogP contribution in [0.3, 0.4) is 0 Å². The molecule has 2 atom stereocenters. The number of amides is 2. The number of carbonyl (C=O) groups excluding carboxylic acids is 3. The van der Waals surface area contributed by atoms with E-state index in [1.54, 1.807) is 78.9 Å².